The Morgan fingerprint density at radius 3 is 2.84 bits per heavy atom. The van der Waals surface area contributed by atoms with Gasteiger partial charge in [-0.2, -0.15) is 14.9 Å². The Labute approximate surface area is 151 Å². The number of aromatic nitrogens is 3. The maximum Gasteiger partial charge on any atom is 0.296 e. The van der Waals surface area contributed by atoms with E-state index in [2.05, 4.69) is 22.2 Å². The van der Waals surface area contributed by atoms with Gasteiger partial charge in [0.15, 0.2) is 11.5 Å². The van der Waals surface area contributed by atoms with Crippen LogP contribution in [0.1, 0.15) is 37.9 Å². The average Bonchev–Trinajstić information content (AvgIpc) is 2.60. The largest absolute Gasteiger partial charge is 0.490 e. The van der Waals surface area contributed by atoms with Gasteiger partial charge in [-0.3, -0.25) is 9.89 Å². The number of benzene rings is 1. The minimum atomic E-state index is -0.357. The summed E-state index contributed by atoms with van der Waals surface area (Å²) in [5.41, 5.74) is 0.701. The van der Waals surface area contributed by atoms with Crippen LogP contribution in [0.15, 0.2) is 28.1 Å². The molecule has 0 amide bonds. The zero-order chi connectivity index (χ0) is 18.2. The molecular weight excluding hydrogens is 340 g/mol. The second-order valence-electron chi connectivity index (χ2n) is 5.32. The average molecular weight is 362 g/mol. The lowest BCUT2D eigenvalue weighted by molar-refractivity contribution is 0.272. The van der Waals surface area contributed by atoms with Gasteiger partial charge >= 0.3 is 0 Å². The van der Waals surface area contributed by atoms with E-state index in [4.69, 9.17) is 21.7 Å². The standard InChI is InChI=1S/C17H22N4O3S/c1-4-6-9-24-14-8-7-13(10-15(14)23-5-2)11-18-21-16(22)12(3)19-20-17(21)25/h7-8,10-11H,4-6,9H2,1-3H3,(H,20,25)/b18-11+. The van der Waals surface area contributed by atoms with Crippen molar-refractivity contribution in [3.63, 3.8) is 0 Å². The molecule has 0 radical (unpaired) electrons. The van der Waals surface area contributed by atoms with Crippen LogP contribution < -0.4 is 15.0 Å². The van der Waals surface area contributed by atoms with Gasteiger partial charge in [-0.25, -0.2) is 0 Å². The van der Waals surface area contributed by atoms with Crippen molar-refractivity contribution in [1.29, 1.82) is 0 Å². The highest BCUT2D eigenvalue weighted by Crippen LogP contribution is 2.28. The highest BCUT2D eigenvalue weighted by molar-refractivity contribution is 7.71. The predicted octanol–water partition coefficient (Wildman–Crippen LogP) is 3.07. The Hall–Kier alpha value is -2.48. The smallest absolute Gasteiger partial charge is 0.296 e. The van der Waals surface area contributed by atoms with E-state index in [1.165, 1.54) is 0 Å². The molecule has 0 atom stereocenters. The van der Waals surface area contributed by atoms with E-state index in [9.17, 15) is 4.79 Å². The molecule has 7 nitrogen and oxygen atoms in total. The number of nitrogens with zero attached hydrogens (tertiary/aromatic N) is 3. The first-order valence-electron chi connectivity index (χ1n) is 8.19. The van der Waals surface area contributed by atoms with Crippen molar-refractivity contribution in [3.05, 3.63) is 44.6 Å². The number of unbranched alkanes of at least 4 members (excludes halogenated alkanes) is 1. The molecule has 0 saturated heterocycles. The quantitative estimate of drug-likeness (QED) is 0.443. The molecule has 1 N–H and O–H groups in total. The molecule has 1 aromatic heterocycles. The van der Waals surface area contributed by atoms with Gasteiger partial charge in [-0.1, -0.05) is 13.3 Å². The number of H-pyrrole nitrogens is 1. The summed E-state index contributed by atoms with van der Waals surface area (Å²) in [6, 6.07) is 5.50. The number of hydrogen-bond donors (Lipinski definition) is 1. The third kappa shape index (κ3) is 4.99. The molecule has 25 heavy (non-hydrogen) atoms. The van der Waals surface area contributed by atoms with Gasteiger partial charge in [-0.15, -0.1) is 0 Å². The molecule has 0 saturated carbocycles. The van der Waals surface area contributed by atoms with Crippen LogP contribution in [0.2, 0.25) is 0 Å². The van der Waals surface area contributed by atoms with Gasteiger partial charge in [0.05, 0.1) is 19.4 Å². The highest BCUT2D eigenvalue weighted by Gasteiger charge is 2.06. The summed E-state index contributed by atoms with van der Waals surface area (Å²) >= 11 is 5.05. The van der Waals surface area contributed by atoms with Crippen molar-refractivity contribution >= 4 is 18.4 Å². The monoisotopic (exact) mass is 362 g/mol. The molecular formula is C17H22N4O3S. The third-order valence-corrected chi connectivity index (χ3v) is 3.62. The minimum Gasteiger partial charge on any atom is -0.490 e. The van der Waals surface area contributed by atoms with Crippen molar-refractivity contribution in [1.82, 2.24) is 14.9 Å². The fraction of sp³-hybridized carbons (Fsp3) is 0.412. The molecule has 1 aromatic carbocycles. The van der Waals surface area contributed by atoms with Gasteiger partial charge in [-0.05, 0) is 56.2 Å². The molecule has 134 valence electrons. The van der Waals surface area contributed by atoms with E-state index in [1.54, 1.807) is 13.1 Å². The van der Waals surface area contributed by atoms with Gasteiger partial charge in [0.25, 0.3) is 5.56 Å². The van der Waals surface area contributed by atoms with Crippen molar-refractivity contribution in [2.75, 3.05) is 13.2 Å². The van der Waals surface area contributed by atoms with Gasteiger partial charge in [0, 0.05) is 0 Å². The summed E-state index contributed by atoms with van der Waals surface area (Å²) in [5, 5.41) is 10.5. The number of ether oxygens (including phenoxy) is 2. The Morgan fingerprint density at radius 1 is 1.32 bits per heavy atom. The molecule has 1 heterocycles. The van der Waals surface area contributed by atoms with Crippen LogP contribution in [0.5, 0.6) is 11.5 Å². The molecule has 0 aliphatic heterocycles. The van der Waals surface area contributed by atoms with E-state index in [0.29, 0.717) is 30.4 Å². The van der Waals surface area contributed by atoms with Crippen molar-refractivity contribution in [3.8, 4) is 11.5 Å². The lowest BCUT2D eigenvalue weighted by Gasteiger charge is -2.12. The van der Waals surface area contributed by atoms with Crippen LogP contribution in [0, 0.1) is 11.7 Å². The van der Waals surface area contributed by atoms with Crippen molar-refractivity contribution in [2.24, 2.45) is 5.10 Å². The fourth-order valence-corrected chi connectivity index (χ4v) is 2.20. The van der Waals surface area contributed by atoms with Crippen LogP contribution in [0.4, 0.5) is 0 Å². The third-order valence-electron chi connectivity index (χ3n) is 3.36. The minimum absolute atomic E-state index is 0.136. The topological polar surface area (TPSA) is 81.5 Å². The second-order valence-corrected chi connectivity index (χ2v) is 5.70. The summed E-state index contributed by atoms with van der Waals surface area (Å²) < 4.78 is 12.6. The summed E-state index contributed by atoms with van der Waals surface area (Å²) in [6.45, 7) is 6.79. The maximum atomic E-state index is 12.0. The van der Waals surface area contributed by atoms with Gasteiger partial charge in [0.1, 0.15) is 5.69 Å². The molecule has 0 spiro atoms. The van der Waals surface area contributed by atoms with Gasteiger partial charge in [0.2, 0.25) is 4.77 Å². The highest BCUT2D eigenvalue weighted by atomic mass is 32.1. The van der Waals surface area contributed by atoms with Crippen LogP contribution in [-0.4, -0.2) is 34.3 Å². The van der Waals surface area contributed by atoms with E-state index >= 15 is 0 Å². The summed E-state index contributed by atoms with van der Waals surface area (Å²) in [6.07, 6.45) is 3.59. The summed E-state index contributed by atoms with van der Waals surface area (Å²) in [5.74, 6) is 1.34. The first kappa shape index (κ1) is 18.9. The zero-order valence-electron chi connectivity index (χ0n) is 14.6. The Balaban J connectivity index is 2.28. The van der Waals surface area contributed by atoms with Crippen LogP contribution in [-0.2, 0) is 0 Å². The summed E-state index contributed by atoms with van der Waals surface area (Å²) in [7, 11) is 0. The number of nitrogens with one attached hydrogen (secondary N) is 1. The number of aromatic amines is 1. The predicted molar refractivity (Wildman–Crippen MR) is 99.4 cm³/mol. The van der Waals surface area contributed by atoms with E-state index in [0.717, 1.165) is 23.1 Å². The zero-order valence-corrected chi connectivity index (χ0v) is 15.4. The molecule has 0 aliphatic carbocycles. The molecule has 0 aliphatic rings. The number of hydrogen-bond acceptors (Lipinski definition) is 6. The SMILES string of the molecule is CCCCOc1ccc(/C=N/n2c(=S)[nH]nc(C)c2=O)cc1OCC. The number of aryl methyl sites for hydroxylation is 1. The first-order chi connectivity index (χ1) is 12.1. The molecule has 2 rings (SSSR count). The van der Waals surface area contributed by atoms with Gasteiger partial charge < -0.3 is 9.47 Å². The molecule has 2 aromatic rings. The molecule has 0 unspecified atom stereocenters. The van der Waals surface area contributed by atoms with Crippen LogP contribution in [0.25, 0.3) is 0 Å². The molecule has 8 heteroatoms. The fourth-order valence-electron chi connectivity index (χ4n) is 2.02. The summed E-state index contributed by atoms with van der Waals surface area (Å²) in [4.78, 5) is 12.0. The lowest BCUT2D eigenvalue weighted by Crippen LogP contribution is -2.22. The number of rotatable bonds is 8. The van der Waals surface area contributed by atoms with E-state index < -0.39 is 0 Å². The Morgan fingerprint density at radius 2 is 2.12 bits per heavy atom. The lowest BCUT2D eigenvalue weighted by atomic mass is 10.2. The van der Waals surface area contributed by atoms with Crippen LogP contribution >= 0.6 is 12.2 Å². The van der Waals surface area contributed by atoms with E-state index in [-0.39, 0.29) is 10.3 Å². The van der Waals surface area contributed by atoms with Crippen molar-refractivity contribution in [2.45, 2.75) is 33.6 Å². The first-order valence-corrected chi connectivity index (χ1v) is 8.60. The normalized spacial score (nSPS) is 11.0. The Kier molecular flexibility index (Phi) is 6.88. The molecule has 0 bridgehead atoms. The van der Waals surface area contributed by atoms with Crippen molar-refractivity contribution < 1.29 is 9.47 Å². The maximum absolute atomic E-state index is 12.0. The molecule has 0 fully saturated rings. The van der Waals surface area contributed by atoms with E-state index in [1.807, 2.05) is 25.1 Å². The Bertz CT molecular complexity index is 858. The van der Waals surface area contributed by atoms with Crippen LogP contribution in [0.3, 0.4) is 0 Å². The second kappa shape index (κ2) is 9.12.